The molecular formula is C21H25NO6S. The smallest absolute Gasteiger partial charge is 0.322 e. The van der Waals surface area contributed by atoms with Gasteiger partial charge in [0.25, 0.3) is 0 Å². The van der Waals surface area contributed by atoms with Crippen molar-refractivity contribution < 1.29 is 27.5 Å². The molecule has 2 aromatic rings. The molecule has 0 spiro atoms. The lowest BCUT2D eigenvalue weighted by Crippen LogP contribution is -2.35. The third-order valence-electron chi connectivity index (χ3n) is 4.21. The number of carbonyl (C=O) groups is 2. The van der Waals surface area contributed by atoms with E-state index in [0.29, 0.717) is 17.9 Å². The summed E-state index contributed by atoms with van der Waals surface area (Å²) in [5.41, 5.74) is 1.29. The lowest BCUT2D eigenvalue weighted by Gasteiger charge is -2.18. The maximum atomic E-state index is 12.5. The molecule has 0 saturated heterocycles. The molecule has 0 heterocycles. The van der Waals surface area contributed by atoms with Gasteiger partial charge in [0.05, 0.1) is 11.5 Å². The highest BCUT2D eigenvalue weighted by atomic mass is 32.2. The van der Waals surface area contributed by atoms with Gasteiger partial charge in [-0.2, -0.15) is 4.31 Å². The summed E-state index contributed by atoms with van der Waals surface area (Å²) in [5, 5.41) is 0. The lowest BCUT2D eigenvalue weighted by molar-refractivity contribution is -0.146. The first-order valence-electron chi connectivity index (χ1n) is 9.14. The molecule has 0 aromatic heterocycles. The van der Waals surface area contributed by atoms with Crippen LogP contribution in [0.25, 0.3) is 0 Å². The first-order valence-corrected chi connectivity index (χ1v) is 10.6. The van der Waals surface area contributed by atoms with Crippen LogP contribution in [0.4, 0.5) is 0 Å². The van der Waals surface area contributed by atoms with E-state index < -0.39 is 28.6 Å². The number of hydrogen-bond donors (Lipinski definition) is 0. The SMILES string of the molecule is CCOc1ccc(C(=O)[C@@H](C)OC(=O)CN(C)S(=O)(=O)c2ccc(C)cc2)cc1. The number of likely N-dealkylation sites (N-methyl/N-ethyl adjacent to an activating group) is 1. The molecule has 2 aromatic carbocycles. The third kappa shape index (κ3) is 5.88. The lowest BCUT2D eigenvalue weighted by atomic mass is 10.1. The number of aryl methyl sites for hydroxylation is 1. The Labute approximate surface area is 171 Å². The molecule has 156 valence electrons. The monoisotopic (exact) mass is 419 g/mol. The summed E-state index contributed by atoms with van der Waals surface area (Å²) in [7, 11) is -2.55. The largest absolute Gasteiger partial charge is 0.494 e. The average Bonchev–Trinajstić information content (AvgIpc) is 2.68. The van der Waals surface area contributed by atoms with E-state index in [1.165, 1.54) is 26.1 Å². The standard InChI is InChI=1S/C21H25NO6S/c1-5-27-18-10-8-17(9-11-18)21(24)16(3)28-20(23)14-22(4)29(25,26)19-12-6-15(2)7-13-19/h6-13,16H,5,14H2,1-4H3/t16-/m1/s1. The molecule has 0 unspecified atom stereocenters. The highest BCUT2D eigenvalue weighted by Gasteiger charge is 2.26. The van der Waals surface area contributed by atoms with Crippen molar-refractivity contribution in [2.45, 2.75) is 31.8 Å². The second-order valence-corrected chi connectivity index (χ2v) is 8.57. The van der Waals surface area contributed by atoms with Crippen LogP contribution in [-0.2, 0) is 19.6 Å². The fraction of sp³-hybridized carbons (Fsp3) is 0.333. The van der Waals surface area contributed by atoms with Gasteiger partial charge in [0.2, 0.25) is 15.8 Å². The number of sulfonamides is 1. The molecule has 1 atom stereocenters. The van der Waals surface area contributed by atoms with Crippen molar-refractivity contribution in [1.29, 1.82) is 0 Å². The molecule has 0 bridgehead atoms. The third-order valence-corrected chi connectivity index (χ3v) is 6.03. The van der Waals surface area contributed by atoms with Crippen LogP contribution in [0.3, 0.4) is 0 Å². The van der Waals surface area contributed by atoms with E-state index >= 15 is 0 Å². The van der Waals surface area contributed by atoms with Gasteiger partial charge in [-0.3, -0.25) is 9.59 Å². The van der Waals surface area contributed by atoms with Gasteiger partial charge in [-0.25, -0.2) is 8.42 Å². The van der Waals surface area contributed by atoms with E-state index in [0.717, 1.165) is 9.87 Å². The Hall–Kier alpha value is -2.71. The van der Waals surface area contributed by atoms with Crippen LogP contribution in [0.5, 0.6) is 5.75 Å². The molecular weight excluding hydrogens is 394 g/mol. The van der Waals surface area contributed by atoms with Gasteiger partial charge in [-0.15, -0.1) is 0 Å². The number of rotatable bonds is 9. The number of nitrogens with zero attached hydrogens (tertiary/aromatic N) is 1. The molecule has 2 rings (SSSR count). The zero-order chi connectivity index (χ0) is 21.6. The minimum Gasteiger partial charge on any atom is -0.494 e. The highest BCUT2D eigenvalue weighted by molar-refractivity contribution is 7.89. The molecule has 0 N–H and O–H groups in total. The van der Waals surface area contributed by atoms with Crippen molar-refractivity contribution in [3.63, 3.8) is 0 Å². The molecule has 7 nitrogen and oxygen atoms in total. The Morgan fingerprint density at radius 1 is 1.03 bits per heavy atom. The molecule has 0 aliphatic heterocycles. The number of carbonyl (C=O) groups excluding carboxylic acids is 2. The Balaban J connectivity index is 1.98. The highest BCUT2D eigenvalue weighted by Crippen LogP contribution is 2.16. The summed E-state index contributed by atoms with van der Waals surface area (Å²) in [4.78, 5) is 24.7. The van der Waals surface area contributed by atoms with Crippen molar-refractivity contribution in [3.05, 3.63) is 59.7 Å². The van der Waals surface area contributed by atoms with Gasteiger partial charge in [-0.05, 0) is 57.2 Å². The van der Waals surface area contributed by atoms with E-state index in [2.05, 4.69) is 0 Å². The zero-order valence-electron chi connectivity index (χ0n) is 16.9. The molecule has 0 amide bonds. The van der Waals surface area contributed by atoms with Crippen LogP contribution in [0.2, 0.25) is 0 Å². The topological polar surface area (TPSA) is 90.0 Å². The van der Waals surface area contributed by atoms with Crippen molar-refractivity contribution >= 4 is 21.8 Å². The zero-order valence-corrected chi connectivity index (χ0v) is 17.7. The number of esters is 1. The van der Waals surface area contributed by atoms with Crippen LogP contribution in [0, 0.1) is 6.92 Å². The first kappa shape index (κ1) is 22.6. The Kier molecular flexibility index (Phi) is 7.53. The number of Topliss-reactive ketones (excluding diaryl/α,β-unsaturated/α-hetero) is 1. The fourth-order valence-corrected chi connectivity index (χ4v) is 3.68. The van der Waals surface area contributed by atoms with Crippen LogP contribution < -0.4 is 4.74 Å². The summed E-state index contributed by atoms with van der Waals surface area (Å²) in [6.45, 7) is 5.17. The van der Waals surface area contributed by atoms with Crippen molar-refractivity contribution in [2.24, 2.45) is 0 Å². The predicted octanol–water partition coefficient (Wildman–Crippen LogP) is 2.83. The van der Waals surface area contributed by atoms with Crippen LogP contribution in [-0.4, -0.2) is 50.8 Å². The van der Waals surface area contributed by atoms with Crippen molar-refractivity contribution in [3.8, 4) is 5.75 Å². The second kappa shape index (κ2) is 9.67. The molecule has 8 heteroatoms. The minimum atomic E-state index is -3.84. The van der Waals surface area contributed by atoms with E-state index in [-0.39, 0.29) is 10.7 Å². The van der Waals surface area contributed by atoms with E-state index in [4.69, 9.17) is 9.47 Å². The van der Waals surface area contributed by atoms with Crippen molar-refractivity contribution in [1.82, 2.24) is 4.31 Å². The summed E-state index contributed by atoms with van der Waals surface area (Å²) in [6, 6.07) is 12.8. The van der Waals surface area contributed by atoms with E-state index in [9.17, 15) is 18.0 Å². The van der Waals surface area contributed by atoms with Gasteiger partial charge in [-0.1, -0.05) is 17.7 Å². The van der Waals surface area contributed by atoms with Gasteiger partial charge in [0, 0.05) is 12.6 Å². The molecule has 0 radical (unpaired) electrons. The summed E-state index contributed by atoms with van der Waals surface area (Å²) >= 11 is 0. The second-order valence-electron chi connectivity index (χ2n) is 6.53. The van der Waals surface area contributed by atoms with Gasteiger partial charge in [0.15, 0.2) is 6.10 Å². The summed E-state index contributed by atoms with van der Waals surface area (Å²) in [6.07, 6.45) is -1.05. The molecule has 0 fully saturated rings. The van der Waals surface area contributed by atoms with Gasteiger partial charge in [0.1, 0.15) is 12.3 Å². The number of ketones is 1. The van der Waals surface area contributed by atoms with E-state index in [1.807, 2.05) is 13.8 Å². The summed E-state index contributed by atoms with van der Waals surface area (Å²) in [5.74, 6) is -0.558. The van der Waals surface area contributed by atoms with Gasteiger partial charge >= 0.3 is 5.97 Å². The Morgan fingerprint density at radius 2 is 1.62 bits per heavy atom. The maximum absolute atomic E-state index is 12.5. The molecule has 0 aliphatic carbocycles. The van der Waals surface area contributed by atoms with E-state index in [1.54, 1.807) is 36.4 Å². The molecule has 29 heavy (non-hydrogen) atoms. The number of ether oxygens (including phenoxy) is 2. The van der Waals surface area contributed by atoms with Gasteiger partial charge < -0.3 is 9.47 Å². The quantitative estimate of drug-likeness (QED) is 0.459. The van der Waals surface area contributed by atoms with Crippen LogP contribution >= 0.6 is 0 Å². The maximum Gasteiger partial charge on any atom is 0.322 e. The molecule has 0 saturated carbocycles. The Morgan fingerprint density at radius 3 is 2.17 bits per heavy atom. The fourth-order valence-electron chi connectivity index (χ4n) is 2.56. The normalized spacial score (nSPS) is 12.4. The number of benzene rings is 2. The number of hydrogen-bond acceptors (Lipinski definition) is 6. The van der Waals surface area contributed by atoms with Crippen LogP contribution in [0.1, 0.15) is 29.8 Å². The average molecular weight is 419 g/mol. The van der Waals surface area contributed by atoms with Crippen LogP contribution in [0.15, 0.2) is 53.4 Å². The predicted molar refractivity (Wildman–Crippen MR) is 108 cm³/mol. The Bertz CT molecular complexity index is 952. The first-order chi connectivity index (χ1) is 13.6. The minimum absolute atomic E-state index is 0.0805. The summed E-state index contributed by atoms with van der Waals surface area (Å²) < 4.78 is 36.5. The molecule has 0 aliphatic rings. The van der Waals surface area contributed by atoms with Crippen molar-refractivity contribution in [2.75, 3.05) is 20.2 Å².